The molecule has 0 saturated carbocycles. The number of benzene rings is 2. The summed E-state index contributed by atoms with van der Waals surface area (Å²) < 4.78 is 17.1. The number of carbonyl (C=O) groups is 5. The van der Waals surface area contributed by atoms with Crippen molar-refractivity contribution in [3.63, 3.8) is 0 Å². The van der Waals surface area contributed by atoms with Crippen LogP contribution in [0.25, 0.3) is 0 Å². The zero-order valence-corrected chi connectivity index (χ0v) is 24.5. The number of nitrogens with two attached hydrogens (primary N) is 1. The van der Waals surface area contributed by atoms with Crippen LogP contribution in [0.5, 0.6) is 17.2 Å². The van der Waals surface area contributed by atoms with E-state index in [0.717, 1.165) is 0 Å². The van der Waals surface area contributed by atoms with Crippen molar-refractivity contribution >= 4 is 29.2 Å². The summed E-state index contributed by atoms with van der Waals surface area (Å²) in [5.41, 5.74) is 2.97. The van der Waals surface area contributed by atoms with Gasteiger partial charge in [0.2, 0.25) is 5.78 Å². The number of rotatable bonds is 4. The standard InChI is InChI=1S/C27H29NO10.C4H3NO2/c1-10-22(30)14(28)7-17(37-10)38-16-9-27(35,11(2)29)8-13-19(16)26(34)21-20(24(13)32)23(31)12-5-4-6-15(36-3)18(12)25(21)33;6-3-1-2-4(7)5-3/h4-6,10,14,16-17,22,30,32,34-35H,7-9,28H2,1-3H3;1-2H,(H,5,6,7)/t10-,14-,16-,17-,22+,27-;/m0./s1. The number of aromatic hydroxyl groups is 2. The molecule has 0 bridgehead atoms. The fourth-order valence-corrected chi connectivity index (χ4v) is 6.02. The Balaban J connectivity index is 0.000000505. The van der Waals surface area contributed by atoms with Crippen molar-refractivity contribution in [3.8, 4) is 17.2 Å². The molecule has 45 heavy (non-hydrogen) atoms. The molecular formula is C31H32N2O12. The van der Waals surface area contributed by atoms with E-state index < -0.39 is 82.6 Å². The van der Waals surface area contributed by atoms with Gasteiger partial charge >= 0.3 is 0 Å². The maximum absolute atomic E-state index is 13.6. The van der Waals surface area contributed by atoms with Crippen molar-refractivity contribution in [2.75, 3.05) is 7.11 Å². The Hall–Kier alpha value is -4.47. The third-order valence-corrected chi connectivity index (χ3v) is 8.43. The molecule has 0 spiro atoms. The van der Waals surface area contributed by atoms with Gasteiger partial charge in [0.25, 0.3) is 11.8 Å². The number of carbonyl (C=O) groups excluding carboxylic acids is 5. The van der Waals surface area contributed by atoms with Gasteiger partial charge in [-0.1, -0.05) is 12.1 Å². The zero-order chi connectivity index (χ0) is 33.0. The molecule has 2 aromatic carbocycles. The second-order valence-electron chi connectivity index (χ2n) is 11.3. The predicted octanol–water partition coefficient (Wildman–Crippen LogP) is 0.228. The molecular weight excluding hydrogens is 592 g/mol. The average molecular weight is 625 g/mol. The van der Waals surface area contributed by atoms with Crippen molar-refractivity contribution in [3.05, 3.63) is 63.7 Å². The lowest BCUT2D eigenvalue weighted by molar-refractivity contribution is -0.247. The number of phenols is 2. The number of amides is 2. The number of hydrogen-bond acceptors (Lipinski definition) is 13. The summed E-state index contributed by atoms with van der Waals surface area (Å²) in [6, 6.07) is 3.75. The molecule has 0 aromatic heterocycles. The first kappa shape index (κ1) is 31.9. The van der Waals surface area contributed by atoms with Gasteiger partial charge in [-0.15, -0.1) is 0 Å². The summed E-state index contributed by atoms with van der Waals surface area (Å²) in [4.78, 5) is 59.7. The number of aliphatic hydroxyl groups excluding tert-OH is 1. The Morgan fingerprint density at radius 1 is 1.04 bits per heavy atom. The highest BCUT2D eigenvalue weighted by Gasteiger charge is 2.49. The van der Waals surface area contributed by atoms with Crippen molar-refractivity contribution in [2.45, 2.75) is 69.4 Å². The van der Waals surface area contributed by atoms with E-state index in [4.69, 9.17) is 19.9 Å². The van der Waals surface area contributed by atoms with Gasteiger partial charge in [-0.2, -0.15) is 0 Å². The van der Waals surface area contributed by atoms with Gasteiger partial charge in [0.05, 0.1) is 42.1 Å². The molecule has 2 aliphatic carbocycles. The molecule has 14 nitrogen and oxygen atoms in total. The van der Waals surface area contributed by atoms with Crippen LogP contribution in [-0.2, 0) is 30.3 Å². The first-order chi connectivity index (χ1) is 21.2. The molecule has 1 fully saturated rings. The van der Waals surface area contributed by atoms with Crippen molar-refractivity contribution in [1.29, 1.82) is 0 Å². The fraction of sp³-hybridized carbons (Fsp3) is 0.387. The van der Waals surface area contributed by atoms with Crippen molar-refractivity contribution < 1.29 is 58.6 Å². The van der Waals surface area contributed by atoms with E-state index in [2.05, 4.69) is 0 Å². The molecule has 7 N–H and O–H groups in total. The van der Waals surface area contributed by atoms with Crippen LogP contribution >= 0.6 is 0 Å². The van der Waals surface area contributed by atoms with Gasteiger partial charge in [0.1, 0.15) is 22.8 Å². The van der Waals surface area contributed by atoms with E-state index in [1.807, 2.05) is 5.32 Å². The highest BCUT2D eigenvalue weighted by atomic mass is 16.7. The Morgan fingerprint density at radius 3 is 2.24 bits per heavy atom. The number of ketones is 3. The number of phenolic OH excluding ortho intramolecular Hbond substituents is 2. The second kappa shape index (κ2) is 11.8. The molecule has 2 heterocycles. The van der Waals surface area contributed by atoms with Crippen LogP contribution in [0, 0.1) is 0 Å². The van der Waals surface area contributed by atoms with E-state index in [0.29, 0.717) is 0 Å². The largest absolute Gasteiger partial charge is 0.507 e. The molecule has 238 valence electrons. The number of ether oxygens (including phenoxy) is 3. The number of methoxy groups -OCH3 is 1. The van der Waals surface area contributed by atoms with Gasteiger partial charge in [-0.25, -0.2) is 0 Å². The van der Waals surface area contributed by atoms with Crippen LogP contribution in [0.15, 0.2) is 30.4 Å². The average Bonchev–Trinajstić information content (AvgIpc) is 3.37. The van der Waals surface area contributed by atoms with E-state index in [9.17, 15) is 44.4 Å². The minimum atomic E-state index is -2.00. The van der Waals surface area contributed by atoms with Crippen LogP contribution in [-0.4, -0.2) is 86.8 Å². The van der Waals surface area contributed by atoms with E-state index in [-0.39, 0.29) is 52.7 Å². The summed E-state index contributed by atoms with van der Waals surface area (Å²) in [6.45, 7) is 2.79. The van der Waals surface area contributed by atoms with Crippen molar-refractivity contribution in [1.82, 2.24) is 5.32 Å². The van der Waals surface area contributed by atoms with Crippen LogP contribution in [0.4, 0.5) is 0 Å². The van der Waals surface area contributed by atoms with Gasteiger partial charge in [-0.3, -0.25) is 29.3 Å². The maximum Gasteiger partial charge on any atom is 0.250 e. The molecule has 0 radical (unpaired) electrons. The number of nitrogens with one attached hydrogen (secondary N) is 1. The Kier molecular flexibility index (Phi) is 8.37. The minimum absolute atomic E-state index is 0.0147. The molecule has 2 aliphatic heterocycles. The predicted molar refractivity (Wildman–Crippen MR) is 153 cm³/mol. The van der Waals surface area contributed by atoms with Crippen LogP contribution in [0.1, 0.15) is 75.8 Å². The zero-order valence-electron chi connectivity index (χ0n) is 24.5. The molecule has 14 heteroatoms. The quantitative estimate of drug-likeness (QED) is 0.169. The molecule has 0 unspecified atom stereocenters. The lowest BCUT2D eigenvalue weighted by Gasteiger charge is -2.42. The lowest BCUT2D eigenvalue weighted by Crippen LogP contribution is -2.52. The summed E-state index contributed by atoms with van der Waals surface area (Å²) in [5.74, 6) is -3.83. The van der Waals surface area contributed by atoms with E-state index >= 15 is 0 Å². The van der Waals surface area contributed by atoms with Gasteiger partial charge < -0.3 is 40.4 Å². The summed E-state index contributed by atoms with van der Waals surface area (Å²) >= 11 is 0. The smallest absolute Gasteiger partial charge is 0.250 e. The van der Waals surface area contributed by atoms with E-state index in [1.165, 1.54) is 44.4 Å². The molecule has 1 saturated heterocycles. The second-order valence-corrected chi connectivity index (χ2v) is 11.3. The molecule has 6 atom stereocenters. The first-order valence-corrected chi connectivity index (χ1v) is 14.1. The Bertz CT molecular complexity index is 1640. The number of hydrogen-bond donors (Lipinski definition) is 6. The normalized spacial score (nSPS) is 28.4. The SMILES string of the molecule is COc1cccc2c1C(=O)c1c(O)c3c(c(O)c1C2=O)C[C@@](O)(C(C)=O)C[C@@H]3O[C@H]1C[C@H](N)[C@H](O)[C@H](C)O1.O=C1C=CC(=O)N1. The molecule has 2 amide bonds. The lowest BCUT2D eigenvalue weighted by atomic mass is 9.72. The van der Waals surface area contributed by atoms with Gasteiger partial charge in [-0.05, 0) is 19.9 Å². The van der Waals surface area contributed by atoms with Crippen LogP contribution < -0.4 is 15.8 Å². The number of Topliss-reactive ketones (excluding diaryl/α,β-unsaturated/α-hetero) is 1. The highest BCUT2D eigenvalue weighted by Crippen LogP contribution is 2.52. The monoisotopic (exact) mass is 624 g/mol. The van der Waals surface area contributed by atoms with Crippen LogP contribution in [0.2, 0.25) is 0 Å². The van der Waals surface area contributed by atoms with Crippen molar-refractivity contribution in [2.24, 2.45) is 5.73 Å². The third-order valence-electron chi connectivity index (χ3n) is 8.43. The molecule has 2 aromatic rings. The topological polar surface area (TPSA) is 232 Å². The highest BCUT2D eigenvalue weighted by molar-refractivity contribution is 6.31. The third kappa shape index (κ3) is 5.51. The minimum Gasteiger partial charge on any atom is -0.507 e. The molecule has 4 aliphatic rings. The van der Waals surface area contributed by atoms with Gasteiger partial charge in [0.15, 0.2) is 17.9 Å². The fourth-order valence-electron chi connectivity index (χ4n) is 6.02. The summed E-state index contributed by atoms with van der Waals surface area (Å²) in [6.07, 6.45) is -2.14. The van der Waals surface area contributed by atoms with Crippen LogP contribution in [0.3, 0.4) is 0 Å². The maximum atomic E-state index is 13.6. The Labute approximate surface area is 256 Å². The van der Waals surface area contributed by atoms with E-state index in [1.54, 1.807) is 6.92 Å². The number of fused-ring (bicyclic) bond motifs is 3. The summed E-state index contributed by atoms with van der Waals surface area (Å²) in [7, 11) is 1.34. The number of imide groups is 1. The first-order valence-electron chi connectivity index (χ1n) is 14.1. The summed E-state index contributed by atoms with van der Waals surface area (Å²) in [5, 5.41) is 46.2. The Morgan fingerprint density at radius 2 is 1.69 bits per heavy atom. The van der Waals surface area contributed by atoms with Gasteiger partial charge in [0, 0.05) is 54.1 Å². The molecule has 6 rings (SSSR count). The number of aliphatic hydroxyl groups is 2.